The summed E-state index contributed by atoms with van der Waals surface area (Å²) in [7, 11) is -4.31. The highest BCUT2D eigenvalue weighted by Gasteiger charge is 2.24. The standard InChI is InChI=1S/C22H23F2N3O2S2/c1-14-12-27(13-15(2)25-14)17-6-7-18(23)20(11-17)26-31(28,29)22-8-5-16(10-19(22)24)21-4-3-9-30-21/h3-11,14-15,25-26H,12-13H2,1-2H3. The molecule has 0 saturated carbocycles. The minimum Gasteiger partial charge on any atom is -0.368 e. The van der Waals surface area contributed by atoms with E-state index in [1.807, 2.05) is 17.5 Å². The van der Waals surface area contributed by atoms with Gasteiger partial charge in [0, 0.05) is 35.7 Å². The summed E-state index contributed by atoms with van der Waals surface area (Å²) in [4.78, 5) is 2.37. The minimum absolute atomic E-state index is 0.210. The van der Waals surface area contributed by atoms with Gasteiger partial charge in [-0.1, -0.05) is 12.1 Å². The molecule has 0 amide bonds. The molecule has 1 saturated heterocycles. The molecule has 0 bridgehead atoms. The van der Waals surface area contributed by atoms with E-state index in [2.05, 4.69) is 28.8 Å². The monoisotopic (exact) mass is 463 g/mol. The number of sulfonamides is 1. The number of hydrogen-bond donors (Lipinski definition) is 2. The van der Waals surface area contributed by atoms with Crippen LogP contribution in [0.5, 0.6) is 0 Å². The van der Waals surface area contributed by atoms with Crippen LogP contribution in [0, 0.1) is 11.6 Å². The summed E-state index contributed by atoms with van der Waals surface area (Å²) >= 11 is 1.43. The van der Waals surface area contributed by atoms with Crippen LogP contribution in [0.15, 0.2) is 58.8 Å². The molecule has 2 N–H and O–H groups in total. The Balaban J connectivity index is 1.61. The molecule has 9 heteroatoms. The fourth-order valence-corrected chi connectivity index (χ4v) is 5.68. The fourth-order valence-electron chi connectivity index (χ4n) is 3.84. The molecule has 1 aliphatic rings. The van der Waals surface area contributed by atoms with Crippen LogP contribution in [0.25, 0.3) is 10.4 Å². The van der Waals surface area contributed by atoms with Crippen LogP contribution in [0.4, 0.5) is 20.2 Å². The zero-order valence-electron chi connectivity index (χ0n) is 17.1. The van der Waals surface area contributed by atoms with Gasteiger partial charge in [-0.3, -0.25) is 4.72 Å². The maximum absolute atomic E-state index is 14.7. The fraction of sp³-hybridized carbons (Fsp3) is 0.273. The van der Waals surface area contributed by atoms with E-state index >= 15 is 0 Å². The molecule has 2 atom stereocenters. The predicted molar refractivity (Wildman–Crippen MR) is 121 cm³/mol. The van der Waals surface area contributed by atoms with Gasteiger partial charge in [0.25, 0.3) is 10.0 Å². The number of benzene rings is 2. The summed E-state index contributed by atoms with van der Waals surface area (Å²) < 4.78 is 57.0. The smallest absolute Gasteiger partial charge is 0.264 e. The number of thiophene rings is 1. The third kappa shape index (κ3) is 4.73. The first kappa shape index (κ1) is 21.7. The molecule has 0 spiro atoms. The first-order valence-corrected chi connectivity index (χ1v) is 12.3. The van der Waals surface area contributed by atoms with Crippen molar-refractivity contribution in [3.63, 3.8) is 0 Å². The molecule has 0 radical (unpaired) electrons. The van der Waals surface area contributed by atoms with Crippen molar-refractivity contribution in [2.45, 2.75) is 30.8 Å². The van der Waals surface area contributed by atoms with Crippen LogP contribution in [-0.4, -0.2) is 33.6 Å². The van der Waals surface area contributed by atoms with E-state index in [0.717, 1.165) is 4.88 Å². The second-order valence-electron chi connectivity index (χ2n) is 7.77. The van der Waals surface area contributed by atoms with E-state index in [9.17, 15) is 17.2 Å². The molecular weight excluding hydrogens is 440 g/mol. The molecule has 3 aromatic rings. The van der Waals surface area contributed by atoms with Gasteiger partial charge in [-0.05, 0) is 61.2 Å². The normalized spacial score (nSPS) is 19.4. The number of piperazine rings is 1. The van der Waals surface area contributed by atoms with Crippen LogP contribution < -0.4 is 14.9 Å². The molecule has 0 aliphatic carbocycles. The van der Waals surface area contributed by atoms with Gasteiger partial charge in [-0.2, -0.15) is 0 Å². The SMILES string of the molecule is CC1CN(c2ccc(F)c(NS(=O)(=O)c3ccc(-c4cccs4)cc3F)c2)CC(C)N1. The zero-order valence-corrected chi connectivity index (χ0v) is 18.7. The number of nitrogens with zero attached hydrogens (tertiary/aromatic N) is 1. The molecule has 5 nitrogen and oxygen atoms in total. The Morgan fingerprint density at radius 2 is 1.77 bits per heavy atom. The van der Waals surface area contributed by atoms with Crippen LogP contribution in [0.1, 0.15) is 13.8 Å². The molecule has 4 rings (SSSR count). The highest BCUT2D eigenvalue weighted by Crippen LogP contribution is 2.30. The number of nitrogens with one attached hydrogen (secondary N) is 2. The highest BCUT2D eigenvalue weighted by molar-refractivity contribution is 7.92. The molecule has 31 heavy (non-hydrogen) atoms. The molecule has 1 aliphatic heterocycles. The Kier molecular flexibility index (Phi) is 6.00. The van der Waals surface area contributed by atoms with Gasteiger partial charge in [-0.15, -0.1) is 11.3 Å². The van der Waals surface area contributed by atoms with E-state index in [4.69, 9.17) is 0 Å². The Bertz CT molecular complexity index is 1170. The second-order valence-corrected chi connectivity index (χ2v) is 10.4. The van der Waals surface area contributed by atoms with Crippen molar-refractivity contribution < 1.29 is 17.2 Å². The lowest BCUT2D eigenvalue weighted by Crippen LogP contribution is -2.54. The van der Waals surface area contributed by atoms with Crippen LogP contribution >= 0.6 is 11.3 Å². The second kappa shape index (κ2) is 8.57. The van der Waals surface area contributed by atoms with Gasteiger partial charge in [-0.25, -0.2) is 17.2 Å². The predicted octanol–water partition coefficient (Wildman–Crippen LogP) is 4.68. The van der Waals surface area contributed by atoms with Crippen LogP contribution in [-0.2, 0) is 10.0 Å². The van der Waals surface area contributed by atoms with E-state index in [1.54, 1.807) is 12.1 Å². The largest absolute Gasteiger partial charge is 0.368 e. The van der Waals surface area contributed by atoms with Gasteiger partial charge in [0.15, 0.2) is 0 Å². The van der Waals surface area contributed by atoms with E-state index in [0.29, 0.717) is 24.3 Å². The van der Waals surface area contributed by atoms with Gasteiger partial charge in [0.2, 0.25) is 0 Å². The Hall–Kier alpha value is -2.49. The average molecular weight is 464 g/mol. The first-order valence-electron chi connectivity index (χ1n) is 9.90. The van der Waals surface area contributed by atoms with Crippen LogP contribution in [0.3, 0.4) is 0 Å². The molecule has 2 aromatic carbocycles. The highest BCUT2D eigenvalue weighted by atomic mass is 32.2. The van der Waals surface area contributed by atoms with Gasteiger partial charge in [0.1, 0.15) is 16.5 Å². The molecule has 164 valence electrons. The van der Waals surface area contributed by atoms with E-state index in [1.165, 1.54) is 35.6 Å². The lowest BCUT2D eigenvalue weighted by atomic mass is 10.1. The van der Waals surface area contributed by atoms with Crippen molar-refractivity contribution >= 4 is 32.7 Å². The lowest BCUT2D eigenvalue weighted by Gasteiger charge is -2.37. The van der Waals surface area contributed by atoms with Crippen molar-refractivity contribution in [3.05, 3.63) is 65.5 Å². The first-order chi connectivity index (χ1) is 14.7. The van der Waals surface area contributed by atoms with E-state index < -0.39 is 26.6 Å². The summed E-state index contributed by atoms with van der Waals surface area (Å²) in [6.45, 7) is 5.53. The van der Waals surface area contributed by atoms with Gasteiger partial charge >= 0.3 is 0 Å². The average Bonchev–Trinajstić information content (AvgIpc) is 3.23. The summed E-state index contributed by atoms with van der Waals surface area (Å²) in [6, 6.07) is 12.4. The molecule has 2 heterocycles. The van der Waals surface area contributed by atoms with Crippen molar-refractivity contribution in [1.29, 1.82) is 0 Å². The number of halogens is 2. The summed E-state index contributed by atoms with van der Waals surface area (Å²) in [5.41, 5.74) is 1.08. The van der Waals surface area contributed by atoms with Crippen LogP contribution in [0.2, 0.25) is 0 Å². The summed E-state index contributed by atoms with van der Waals surface area (Å²) in [5.74, 6) is -1.61. The molecule has 1 fully saturated rings. The minimum atomic E-state index is -4.31. The lowest BCUT2D eigenvalue weighted by molar-refractivity contribution is 0.407. The Morgan fingerprint density at radius 3 is 2.42 bits per heavy atom. The van der Waals surface area contributed by atoms with Crippen molar-refractivity contribution in [1.82, 2.24) is 5.32 Å². The number of hydrogen-bond acceptors (Lipinski definition) is 5. The van der Waals surface area contributed by atoms with Crippen molar-refractivity contribution in [2.75, 3.05) is 22.7 Å². The Morgan fingerprint density at radius 1 is 1.03 bits per heavy atom. The van der Waals surface area contributed by atoms with Crippen molar-refractivity contribution in [2.24, 2.45) is 0 Å². The van der Waals surface area contributed by atoms with Gasteiger partial charge < -0.3 is 10.2 Å². The molecular formula is C22H23F2N3O2S2. The van der Waals surface area contributed by atoms with E-state index in [-0.39, 0.29) is 17.8 Å². The topological polar surface area (TPSA) is 61.4 Å². The number of anilines is 2. The molecule has 2 unspecified atom stereocenters. The zero-order chi connectivity index (χ0) is 22.2. The summed E-state index contributed by atoms with van der Waals surface area (Å²) in [5, 5.41) is 5.27. The summed E-state index contributed by atoms with van der Waals surface area (Å²) in [6.07, 6.45) is 0. The van der Waals surface area contributed by atoms with Crippen molar-refractivity contribution in [3.8, 4) is 10.4 Å². The van der Waals surface area contributed by atoms with Gasteiger partial charge in [0.05, 0.1) is 5.69 Å². The number of rotatable bonds is 5. The third-order valence-corrected chi connectivity index (χ3v) is 7.46. The third-order valence-electron chi connectivity index (χ3n) is 5.14. The molecule has 1 aromatic heterocycles. The maximum atomic E-state index is 14.7. The quantitative estimate of drug-likeness (QED) is 0.577. The Labute approximate surface area is 184 Å². The maximum Gasteiger partial charge on any atom is 0.264 e.